The maximum absolute atomic E-state index is 5.32. The maximum Gasteiger partial charge on any atom is 0.142 e. The number of anilines is 1. The second-order valence-corrected chi connectivity index (χ2v) is 5.12. The molecule has 1 N–H and O–H groups in total. The predicted octanol–water partition coefficient (Wildman–Crippen LogP) is 1.22. The molecule has 0 aromatic carbocycles. The van der Waals surface area contributed by atoms with Gasteiger partial charge in [-0.2, -0.15) is 0 Å². The fourth-order valence-electron chi connectivity index (χ4n) is 1.78. The minimum absolute atomic E-state index is 0.872. The van der Waals surface area contributed by atoms with Crippen molar-refractivity contribution < 1.29 is 4.74 Å². The molecule has 0 saturated carbocycles. The fourth-order valence-corrected chi connectivity index (χ4v) is 2.27. The van der Waals surface area contributed by atoms with Gasteiger partial charge in [0.05, 0.1) is 16.8 Å². The number of rotatable bonds is 5. The second-order valence-electron chi connectivity index (χ2n) is 3.95. The molecule has 6 heteroatoms. The van der Waals surface area contributed by atoms with E-state index in [1.807, 2.05) is 6.20 Å². The van der Waals surface area contributed by atoms with Crippen molar-refractivity contribution in [2.24, 2.45) is 0 Å². The average Bonchev–Trinajstić information content (AvgIpc) is 2.38. The smallest absolute Gasteiger partial charge is 0.142 e. The monoisotopic (exact) mass is 348 g/mol. The van der Waals surface area contributed by atoms with Crippen molar-refractivity contribution in [2.45, 2.75) is 6.42 Å². The minimum Gasteiger partial charge on any atom is -0.379 e. The molecule has 2 rings (SSSR count). The van der Waals surface area contributed by atoms with Crippen LogP contribution in [0.15, 0.2) is 12.5 Å². The van der Waals surface area contributed by atoms with Crippen molar-refractivity contribution in [3.8, 4) is 0 Å². The molecule has 1 fully saturated rings. The van der Waals surface area contributed by atoms with Crippen molar-refractivity contribution in [1.82, 2.24) is 14.9 Å². The van der Waals surface area contributed by atoms with Gasteiger partial charge >= 0.3 is 0 Å². The summed E-state index contributed by atoms with van der Waals surface area (Å²) in [7, 11) is 0. The molecule has 0 spiro atoms. The predicted molar refractivity (Wildman–Crippen MR) is 75.1 cm³/mol. The number of halogens is 1. The fraction of sp³-hybridized carbons (Fsp3) is 0.636. The van der Waals surface area contributed by atoms with Gasteiger partial charge in [-0.3, -0.25) is 4.90 Å². The molecule has 1 saturated heterocycles. The molecule has 1 aromatic heterocycles. The van der Waals surface area contributed by atoms with E-state index < -0.39 is 0 Å². The van der Waals surface area contributed by atoms with Crippen LogP contribution in [0.5, 0.6) is 0 Å². The first-order chi connectivity index (χ1) is 8.36. The summed E-state index contributed by atoms with van der Waals surface area (Å²) < 4.78 is 6.38. The van der Waals surface area contributed by atoms with Crippen molar-refractivity contribution in [2.75, 3.05) is 44.7 Å². The van der Waals surface area contributed by atoms with E-state index in [2.05, 4.69) is 42.8 Å². The summed E-state index contributed by atoms with van der Waals surface area (Å²) in [5.74, 6) is 0.933. The first-order valence-electron chi connectivity index (χ1n) is 5.86. The summed E-state index contributed by atoms with van der Waals surface area (Å²) >= 11 is 2.24. The Morgan fingerprint density at radius 1 is 1.41 bits per heavy atom. The molecule has 0 radical (unpaired) electrons. The van der Waals surface area contributed by atoms with Crippen LogP contribution in [0.3, 0.4) is 0 Å². The number of hydrogen-bond acceptors (Lipinski definition) is 5. The van der Waals surface area contributed by atoms with Gasteiger partial charge in [-0.05, 0) is 35.6 Å². The lowest BCUT2D eigenvalue weighted by atomic mass is 10.3. The molecule has 0 amide bonds. The van der Waals surface area contributed by atoms with Gasteiger partial charge in [-0.25, -0.2) is 9.97 Å². The van der Waals surface area contributed by atoms with Gasteiger partial charge in [0.2, 0.25) is 0 Å². The normalized spacial score (nSPS) is 17.0. The molecule has 1 aromatic rings. The lowest BCUT2D eigenvalue weighted by molar-refractivity contribution is 0.0378. The van der Waals surface area contributed by atoms with Crippen molar-refractivity contribution in [3.05, 3.63) is 16.1 Å². The number of morpholine rings is 1. The summed E-state index contributed by atoms with van der Waals surface area (Å²) in [4.78, 5) is 10.6. The van der Waals surface area contributed by atoms with E-state index in [-0.39, 0.29) is 0 Å². The highest BCUT2D eigenvalue weighted by atomic mass is 127. The Kier molecular flexibility index (Phi) is 5.40. The Morgan fingerprint density at radius 2 is 2.24 bits per heavy atom. The van der Waals surface area contributed by atoms with Crippen LogP contribution in [0.1, 0.15) is 6.42 Å². The van der Waals surface area contributed by atoms with E-state index in [9.17, 15) is 0 Å². The van der Waals surface area contributed by atoms with E-state index in [4.69, 9.17) is 4.74 Å². The Balaban J connectivity index is 1.64. The SMILES string of the molecule is Ic1cncnc1NCCCN1CCOCC1. The summed E-state index contributed by atoms with van der Waals surface area (Å²) in [6.45, 7) is 5.94. The third kappa shape index (κ3) is 4.36. The molecule has 17 heavy (non-hydrogen) atoms. The zero-order valence-corrected chi connectivity index (χ0v) is 11.9. The van der Waals surface area contributed by atoms with Crippen molar-refractivity contribution in [1.29, 1.82) is 0 Å². The van der Waals surface area contributed by atoms with E-state index in [1.54, 1.807) is 6.33 Å². The van der Waals surface area contributed by atoms with Crippen LogP contribution in [0.25, 0.3) is 0 Å². The van der Waals surface area contributed by atoms with E-state index in [0.717, 1.165) is 55.2 Å². The Bertz CT molecular complexity index is 344. The van der Waals surface area contributed by atoms with Crippen LogP contribution in [0, 0.1) is 3.57 Å². The largest absolute Gasteiger partial charge is 0.379 e. The highest BCUT2D eigenvalue weighted by Gasteiger charge is 2.09. The van der Waals surface area contributed by atoms with Crippen LogP contribution < -0.4 is 5.32 Å². The molecular weight excluding hydrogens is 331 g/mol. The van der Waals surface area contributed by atoms with Crippen LogP contribution in [0.2, 0.25) is 0 Å². The average molecular weight is 348 g/mol. The maximum atomic E-state index is 5.32. The van der Waals surface area contributed by atoms with Gasteiger partial charge in [-0.15, -0.1) is 0 Å². The van der Waals surface area contributed by atoms with E-state index in [1.165, 1.54) is 0 Å². The first-order valence-corrected chi connectivity index (χ1v) is 6.93. The molecule has 0 bridgehead atoms. The Labute approximate surface area is 115 Å². The van der Waals surface area contributed by atoms with Crippen LogP contribution >= 0.6 is 22.6 Å². The number of hydrogen-bond donors (Lipinski definition) is 1. The number of nitrogens with one attached hydrogen (secondary N) is 1. The minimum atomic E-state index is 0.872. The molecule has 1 aliphatic rings. The topological polar surface area (TPSA) is 50.3 Å². The van der Waals surface area contributed by atoms with Crippen LogP contribution in [-0.2, 0) is 4.74 Å². The van der Waals surface area contributed by atoms with Gasteiger partial charge in [0, 0.05) is 25.8 Å². The second kappa shape index (κ2) is 7.07. The number of ether oxygens (including phenoxy) is 1. The summed E-state index contributed by atoms with van der Waals surface area (Å²) in [6.07, 6.45) is 4.52. The van der Waals surface area contributed by atoms with Gasteiger partial charge in [-0.1, -0.05) is 0 Å². The highest BCUT2D eigenvalue weighted by Crippen LogP contribution is 2.12. The van der Waals surface area contributed by atoms with E-state index in [0.29, 0.717) is 0 Å². The van der Waals surface area contributed by atoms with Gasteiger partial charge in [0.1, 0.15) is 12.1 Å². The third-order valence-corrected chi connectivity index (χ3v) is 3.50. The summed E-state index contributed by atoms with van der Waals surface area (Å²) in [5, 5.41) is 3.34. The van der Waals surface area contributed by atoms with Crippen molar-refractivity contribution in [3.63, 3.8) is 0 Å². The molecular formula is C11H17IN4O. The quantitative estimate of drug-likeness (QED) is 0.641. The molecule has 2 heterocycles. The molecule has 0 unspecified atom stereocenters. The lowest BCUT2D eigenvalue weighted by Gasteiger charge is -2.26. The zero-order chi connectivity index (χ0) is 11.9. The number of aromatic nitrogens is 2. The first kappa shape index (κ1) is 13.0. The van der Waals surface area contributed by atoms with Gasteiger partial charge in [0.15, 0.2) is 0 Å². The van der Waals surface area contributed by atoms with Crippen LogP contribution in [-0.4, -0.2) is 54.3 Å². The highest BCUT2D eigenvalue weighted by molar-refractivity contribution is 14.1. The lowest BCUT2D eigenvalue weighted by Crippen LogP contribution is -2.37. The summed E-state index contributed by atoms with van der Waals surface area (Å²) in [5.41, 5.74) is 0. The molecule has 5 nitrogen and oxygen atoms in total. The molecule has 0 atom stereocenters. The van der Waals surface area contributed by atoms with Gasteiger partial charge in [0.25, 0.3) is 0 Å². The Hall–Kier alpha value is -0.470. The van der Waals surface area contributed by atoms with Crippen LogP contribution in [0.4, 0.5) is 5.82 Å². The molecule has 1 aliphatic heterocycles. The third-order valence-electron chi connectivity index (χ3n) is 2.71. The van der Waals surface area contributed by atoms with Gasteiger partial charge < -0.3 is 10.1 Å². The zero-order valence-electron chi connectivity index (χ0n) is 9.73. The van der Waals surface area contributed by atoms with Crippen molar-refractivity contribution >= 4 is 28.4 Å². The van der Waals surface area contributed by atoms with E-state index >= 15 is 0 Å². The molecule has 94 valence electrons. The Morgan fingerprint density at radius 3 is 3.00 bits per heavy atom. The molecule has 0 aliphatic carbocycles. The standard InChI is InChI=1S/C11H17IN4O/c12-10-8-13-9-15-11(10)14-2-1-3-16-4-6-17-7-5-16/h8-9H,1-7H2,(H,13,14,15). The number of nitrogens with zero attached hydrogens (tertiary/aromatic N) is 3. The summed E-state index contributed by atoms with van der Waals surface area (Å²) in [6, 6.07) is 0.